The third kappa shape index (κ3) is 3.26. The molecular weight excluding hydrogens is 472 g/mol. The number of halogens is 1. The molecule has 1 unspecified atom stereocenters. The molecule has 1 aromatic heterocycles. The number of benzene rings is 1. The van der Waals surface area contributed by atoms with Crippen molar-refractivity contribution in [3.8, 4) is 0 Å². The largest absolute Gasteiger partial charge is 0.382 e. The summed E-state index contributed by atoms with van der Waals surface area (Å²) in [5, 5.41) is 2.92. The molecule has 0 saturated heterocycles. The van der Waals surface area contributed by atoms with Gasteiger partial charge in [-0.1, -0.05) is 6.07 Å². The van der Waals surface area contributed by atoms with Crippen LogP contribution >= 0.6 is 15.9 Å². The van der Waals surface area contributed by atoms with Crippen LogP contribution in [0.4, 0.5) is 5.69 Å². The second-order valence-corrected chi connectivity index (χ2v) is 9.73. The number of nitrogens with two attached hydrogens (primary N) is 1. The van der Waals surface area contributed by atoms with E-state index in [1.807, 2.05) is 19.1 Å². The van der Waals surface area contributed by atoms with Gasteiger partial charge in [-0.2, -0.15) is 0 Å². The van der Waals surface area contributed by atoms with E-state index >= 15 is 0 Å². The van der Waals surface area contributed by atoms with Gasteiger partial charge in [0.05, 0.1) is 16.3 Å². The van der Waals surface area contributed by atoms with Crippen LogP contribution in [0.3, 0.4) is 0 Å². The van der Waals surface area contributed by atoms with Crippen molar-refractivity contribution >= 4 is 39.1 Å². The van der Waals surface area contributed by atoms with E-state index in [1.165, 1.54) is 5.56 Å². The van der Waals surface area contributed by atoms with Crippen LogP contribution in [-0.4, -0.2) is 40.6 Å². The van der Waals surface area contributed by atoms with E-state index in [2.05, 4.69) is 37.3 Å². The highest BCUT2D eigenvalue weighted by molar-refractivity contribution is 9.10. The van der Waals surface area contributed by atoms with Gasteiger partial charge in [0.2, 0.25) is 5.82 Å². The Hall–Kier alpha value is -2.65. The summed E-state index contributed by atoms with van der Waals surface area (Å²) < 4.78 is 6.33. The number of aliphatic imine (C=N–C) groups is 2. The number of aromatic nitrogens is 2. The van der Waals surface area contributed by atoms with E-state index in [0.29, 0.717) is 16.0 Å². The molecule has 5 rings (SSSR count). The van der Waals surface area contributed by atoms with Crippen molar-refractivity contribution in [3.05, 3.63) is 52.0 Å². The number of methoxy groups -OCH3 is 1. The van der Waals surface area contributed by atoms with Crippen molar-refractivity contribution in [2.24, 2.45) is 21.1 Å². The molecule has 2 aliphatic carbocycles. The van der Waals surface area contributed by atoms with Crippen LogP contribution in [0, 0.1) is 5.41 Å². The van der Waals surface area contributed by atoms with Crippen LogP contribution in [0.15, 0.2) is 45.1 Å². The normalized spacial score (nSPS) is 28.5. The minimum atomic E-state index is -0.746. The lowest BCUT2D eigenvalue weighted by Crippen LogP contribution is -2.43. The van der Waals surface area contributed by atoms with Crippen molar-refractivity contribution in [2.75, 3.05) is 12.4 Å². The molecule has 3 N–H and O–H groups in total. The average Bonchev–Trinajstić information content (AvgIpc) is 3.23. The molecule has 2 heterocycles. The Kier molecular flexibility index (Phi) is 5.13. The maximum absolute atomic E-state index is 12.7. The Bertz CT molecular complexity index is 1120. The zero-order chi connectivity index (χ0) is 22.5. The van der Waals surface area contributed by atoms with Crippen LogP contribution in [0.25, 0.3) is 0 Å². The number of amidine groups is 1. The smallest absolute Gasteiger partial charge is 0.293 e. The first-order chi connectivity index (χ1) is 15.4. The average molecular weight is 497 g/mol. The van der Waals surface area contributed by atoms with Gasteiger partial charge >= 0.3 is 0 Å². The van der Waals surface area contributed by atoms with Gasteiger partial charge in [-0.15, -0.1) is 0 Å². The number of anilines is 1. The highest BCUT2D eigenvalue weighted by atomic mass is 79.9. The molecule has 2 aromatic rings. The molecule has 0 radical (unpaired) electrons. The molecule has 1 atom stereocenters. The van der Waals surface area contributed by atoms with Crippen molar-refractivity contribution in [2.45, 2.75) is 50.8 Å². The van der Waals surface area contributed by atoms with Crippen molar-refractivity contribution < 1.29 is 9.53 Å². The number of nitrogens with one attached hydrogen (secondary N) is 1. The zero-order valence-electron chi connectivity index (χ0n) is 18.1. The molecule has 1 amide bonds. The number of rotatable bonds is 3. The minimum Gasteiger partial charge on any atom is -0.382 e. The topological polar surface area (TPSA) is 115 Å². The van der Waals surface area contributed by atoms with Gasteiger partial charge < -0.3 is 15.8 Å². The molecule has 32 heavy (non-hydrogen) atoms. The predicted octanol–water partition coefficient (Wildman–Crippen LogP) is 3.61. The first kappa shape index (κ1) is 21.2. The summed E-state index contributed by atoms with van der Waals surface area (Å²) in [6, 6.07) is 5.98. The van der Waals surface area contributed by atoms with E-state index in [0.717, 1.165) is 43.4 Å². The first-order valence-corrected chi connectivity index (χ1v) is 11.5. The van der Waals surface area contributed by atoms with Gasteiger partial charge in [0.25, 0.3) is 5.91 Å². The highest BCUT2D eigenvalue weighted by Crippen LogP contribution is 2.62. The van der Waals surface area contributed by atoms with Crippen LogP contribution in [0.1, 0.15) is 54.4 Å². The quantitative estimate of drug-likeness (QED) is 0.673. The summed E-state index contributed by atoms with van der Waals surface area (Å²) in [6.07, 6.45) is 8.12. The molecule has 1 saturated carbocycles. The molecule has 3 aliphatic rings. The number of fused-ring (bicyclic) bond motifs is 3. The summed E-state index contributed by atoms with van der Waals surface area (Å²) in [6.45, 7) is 1.91. The molecule has 1 fully saturated rings. The Labute approximate surface area is 194 Å². The number of amides is 1. The molecule has 8 nitrogen and oxygen atoms in total. The van der Waals surface area contributed by atoms with Gasteiger partial charge in [0.15, 0.2) is 5.66 Å². The van der Waals surface area contributed by atoms with Crippen LogP contribution in [-0.2, 0) is 16.8 Å². The molecule has 0 bridgehead atoms. The third-order valence-electron chi connectivity index (χ3n) is 7.04. The number of hydrogen-bond donors (Lipinski definition) is 2. The molecular formula is C23H25BrN6O2. The fraction of sp³-hybridized carbons (Fsp3) is 0.435. The van der Waals surface area contributed by atoms with Gasteiger partial charge in [0.1, 0.15) is 5.84 Å². The summed E-state index contributed by atoms with van der Waals surface area (Å²) in [5.41, 5.74) is 9.01. The van der Waals surface area contributed by atoms with E-state index in [4.69, 9.17) is 20.5 Å². The number of carbonyl (C=O) groups is 1. The number of carbonyl (C=O) groups excluding carboxylic acids is 1. The van der Waals surface area contributed by atoms with E-state index in [-0.39, 0.29) is 23.3 Å². The molecule has 9 heteroatoms. The third-order valence-corrected chi connectivity index (χ3v) is 7.45. The lowest BCUT2D eigenvalue weighted by atomic mass is 9.65. The number of nitrogens with zero attached hydrogens (tertiary/aromatic N) is 4. The molecule has 166 valence electrons. The maximum atomic E-state index is 12.7. The highest BCUT2D eigenvalue weighted by Gasteiger charge is 2.60. The number of ether oxygens (including phenoxy) is 1. The van der Waals surface area contributed by atoms with Crippen LogP contribution < -0.4 is 11.1 Å². The second kappa shape index (κ2) is 7.74. The summed E-state index contributed by atoms with van der Waals surface area (Å²) in [5.74, 6) is 0.229. The minimum absolute atomic E-state index is 0.106. The lowest BCUT2D eigenvalue weighted by Gasteiger charge is -2.44. The van der Waals surface area contributed by atoms with Crippen molar-refractivity contribution in [3.63, 3.8) is 0 Å². The van der Waals surface area contributed by atoms with Crippen LogP contribution in [0.2, 0.25) is 0 Å². The standard InChI is InChI=1S/C23H25BrN6O2/c1-13-19(25)30-23(29-13)18-9-16(28-21(31)20-26-11-15(24)12-27-20)4-3-14(18)10-22(23)7-5-17(32-2)6-8-22/h3-4,9,11-12,17H,5-8,10H2,1-2H3,(H2,25,30)(H,28,31). The van der Waals surface area contributed by atoms with Crippen molar-refractivity contribution in [1.29, 1.82) is 0 Å². The van der Waals surface area contributed by atoms with Gasteiger partial charge in [-0.05, 0) is 72.7 Å². The fourth-order valence-corrected chi connectivity index (χ4v) is 5.57. The SMILES string of the molecule is COC1CCC2(CC1)Cc1ccc(NC(=O)c3ncc(Br)cn3)cc1C21N=C(C)C(N)=N1. The first-order valence-electron chi connectivity index (χ1n) is 10.7. The molecule has 1 aliphatic heterocycles. The fourth-order valence-electron chi connectivity index (χ4n) is 5.37. The van der Waals surface area contributed by atoms with E-state index in [1.54, 1.807) is 19.5 Å². The second-order valence-electron chi connectivity index (χ2n) is 8.81. The molecule has 2 spiro atoms. The lowest BCUT2D eigenvalue weighted by molar-refractivity contribution is -0.000372. The summed E-state index contributed by atoms with van der Waals surface area (Å²) >= 11 is 3.28. The Balaban J connectivity index is 1.51. The Morgan fingerprint density at radius 2 is 1.94 bits per heavy atom. The van der Waals surface area contributed by atoms with Gasteiger partial charge in [-0.25, -0.2) is 15.0 Å². The Morgan fingerprint density at radius 1 is 1.22 bits per heavy atom. The summed E-state index contributed by atoms with van der Waals surface area (Å²) in [7, 11) is 1.78. The molecule has 1 aromatic carbocycles. The monoisotopic (exact) mass is 496 g/mol. The van der Waals surface area contributed by atoms with Gasteiger partial charge in [-0.3, -0.25) is 9.79 Å². The van der Waals surface area contributed by atoms with Gasteiger partial charge in [0, 0.05) is 36.2 Å². The van der Waals surface area contributed by atoms with Crippen molar-refractivity contribution in [1.82, 2.24) is 9.97 Å². The maximum Gasteiger partial charge on any atom is 0.293 e. The zero-order valence-corrected chi connectivity index (χ0v) is 19.6. The van der Waals surface area contributed by atoms with E-state index in [9.17, 15) is 4.79 Å². The van der Waals surface area contributed by atoms with Crippen LogP contribution in [0.5, 0.6) is 0 Å². The summed E-state index contributed by atoms with van der Waals surface area (Å²) in [4.78, 5) is 30.9. The number of hydrogen-bond acceptors (Lipinski definition) is 7. The Morgan fingerprint density at radius 3 is 2.56 bits per heavy atom. The predicted molar refractivity (Wildman–Crippen MR) is 126 cm³/mol. The van der Waals surface area contributed by atoms with E-state index < -0.39 is 5.66 Å².